The van der Waals surface area contributed by atoms with Crippen LogP contribution in [0.25, 0.3) is 0 Å². The Morgan fingerprint density at radius 1 is 1.78 bits per heavy atom. The van der Waals surface area contributed by atoms with E-state index < -0.39 is 0 Å². The van der Waals surface area contributed by atoms with E-state index in [2.05, 4.69) is 5.18 Å². The van der Waals surface area contributed by atoms with E-state index >= 15 is 0 Å². The number of hydrogen-bond acceptors (Lipinski definition) is 3. The van der Waals surface area contributed by atoms with Crippen molar-refractivity contribution in [2.75, 3.05) is 0 Å². The molecule has 3 heteroatoms. The van der Waals surface area contributed by atoms with Gasteiger partial charge in [0, 0.05) is 6.42 Å². The quantitative estimate of drug-likeness (QED) is 0.545. The molecule has 1 aliphatic rings. The zero-order chi connectivity index (χ0) is 6.69. The molecule has 1 N–H and O–H groups in total. The van der Waals surface area contributed by atoms with E-state index in [1.807, 2.05) is 0 Å². The van der Waals surface area contributed by atoms with Gasteiger partial charge in [-0.3, -0.25) is 0 Å². The molecule has 3 nitrogen and oxygen atoms in total. The maximum Gasteiger partial charge on any atom is 0.0959 e. The summed E-state index contributed by atoms with van der Waals surface area (Å²) in [5.41, 5.74) is 0. The van der Waals surface area contributed by atoms with Gasteiger partial charge in [-0.15, -0.1) is 0 Å². The first-order chi connectivity index (χ1) is 4.33. The second-order valence-electron chi connectivity index (χ2n) is 2.23. The van der Waals surface area contributed by atoms with Crippen molar-refractivity contribution in [3.63, 3.8) is 0 Å². The van der Waals surface area contributed by atoms with E-state index in [1.165, 1.54) is 0 Å². The van der Waals surface area contributed by atoms with Gasteiger partial charge in [0.1, 0.15) is 0 Å². The lowest BCUT2D eigenvalue weighted by atomic mass is 10.0. The minimum Gasteiger partial charge on any atom is -0.513 e. The average Bonchev–Trinajstić information content (AvgIpc) is 1.90. The van der Waals surface area contributed by atoms with Crippen LogP contribution in [0.2, 0.25) is 0 Å². The Kier molecular flexibility index (Phi) is 1.82. The molecule has 1 unspecified atom stereocenters. The number of rotatable bonds is 1. The standard InChI is InChI=1S/C6H9NO2/c8-6-3-1-5(7-9)2-4-6/h3,5,8H,1-2,4H2. The highest BCUT2D eigenvalue weighted by Gasteiger charge is 2.12. The molecule has 0 radical (unpaired) electrons. The number of hydrogen-bond donors (Lipinski definition) is 1. The molecule has 1 aliphatic carbocycles. The third-order valence-electron chi connectivity index (χ3n) is 1.51. The van der Waals surface area contributed by atoms with Crippen LogP contribution in [0.5, 0.6) is 0 Å². The van der Waals surface area contributed by atoms with Crippen molar-refractivity contribution >= 4 is 0 Å². The van der Waals surface area contributed by atoms with Crippen LogP contribution in [0.4, 0.5) is 0 Å². The fourth-order valence-electron chi connectivity index (χ4n) is 0.902. The van der Waals surface area contributed by atoms with Gasteiger partial charge in [0.05, 0.1) is 11.8 Å². The Balaban J connectivity index is 2.45. The number of aliphatic hydroxyl groups excluding tert-OH is 1. The molecular weight excluding hydrogens is 118 g/mol. The lowest BCUT2D eigenvalue weighted by Crippen LogP contribution is -2.07. The van der Waals surface area contributed by atoms with E-state index in [0.717, 1.165) is 0 Å². The van der Waals surface area contributed by atoms with Crippen molar-refractivity contribution in [2.45, 2.75) is 25.3 Å². The van der Waals surface area contributed by atoms with Crippen molar-refractivity contribution in [3.8, 4) is 0 Å². The average molecular weight is 127 g/mol. The highest BCUT2D eigenvalue weighted by atomic mass is 16.3. The second kappa shape index (κ2) is 2.62. The van der Waals surface area contributed by atoms with Crippen LogP contribution < -0.4 is 0 Å². The summed E-state index contributed by atoms with van der Waals surface area (Å²) in [6.45, 7) is 0. The van der Waals surface area contributed by atoms with E-state index in [-0.39, 0.29) is 6.04 Å². The summed E-state index contributed by atoms with van der Waals surface area (Å²) in [5, 5.41) is 11.7. The summed E-state index contributed by atoms with van der Waals surface area (Å²) in [6.07, 6.45) is 3.58. The molecule has 0 amide bonds. The van der Waals surface area contributed by atoms with Gasteiger partial charge >= 0.3 is 0 Å². The molecule has 1 rings (SSSR count). The predicted molar refractivity (Wildman–Crippen MR) is 34.1 cm³/mol. The largest absolute Gasteiger partial charge is 0.513 e. The van der Waals surface area contributed by atoms with Gasteiger partial charge in [0.2, 0.25) is 0 Å². The lowest BCUT2D eigenvalue weighted by molar-refractivity contribution is 0.359. The van der Waals surface area contributed by atoms with Crippen LogP contribution in [0.1, 0.15) is 19.3 Å². The Hall–Kier alpha value is -0.860. The number of nitroso groups, excluding NO2 is 1. The summed E-state index contributed by atoms with van der Waals surface area (Å²) < 4.78 is 0. The summed E-state index contributed by atoms with van der Waals surface area (Å²) in [4.78, 5) is 9.91. The van der Waals surface area contributed by atoms with Gasteiger partial charge in [-0.25, -0.2) is 0 Å². The molecule has 0 saturated carbocycles. The zero-order valence-corrected chi connectivity index (χ0v) is 5.08. The lowest BCUT2D eigenvalue weighted by Gasteiger charge is -2.10. The monoisotopic (exact) mass is 127 g/mol. The van der Waals surface area contributed by atoms with Crippen LogP contribution in [-0.2, 0) is 0 Å². The second-order valence-corrected chi connectivity index (χ2v) is 2.23. The van der Waals surface area contributed by atoms with Crippen LogP contribution in [-0.4, -0.2) is 11.1 Å². The predicted octanol–water partition coefficient (Wildman–Crippen LogP) is 1.75. The first-order valence-corrected chi connectivity index (χ1v) is 3.03. The molecule has 0 bridgehead atoms. The SMILES string of the molecule is O=NC1CC=C(O)CC1. The molecule has 50 valence electrons. The molecule has 1 atom stereocenters. The Morgan fingerprint density at radius 2 is 2.56 bits per heavy atom. The fourth-order valence-corrected chi connectivity index (χ4v) is 0.902. The zero-order valence-electron chi connectivity index (χ0n) is 5.08. The van der Waals surface area contributed by atoms with Crippen molar-refractivity contribution in [3.05, 3.63) is 16.7 Å². The molecule has 0 fully saturated rings. The molecule has 0 aromatic carbocycles. The molecule has 0 heterocycles. The van der Waals surface area contributed by atoms with Gasteiger partial charge in [-0.05, 0) is 18.9 Å². The van der Waals surface area contributed by atoms with Crippen molar-refractivity contribution in [1.29, 1.82) is 0 Å². The van der Waals surface area contributed by atoms with E-state index in [1.54, 1.807) is 6.08 Å². The Morgan fingerprint density at radius 3 is 3.00 bits per heavy atom. The van der Waals surface area contributed by atoms with Crippen molar-refractivity contribution < 1.29 is 5.11 Å². The minimum absolute atomic E-state index is 0.0964. The van der Waals surface area contributed by atoms with Crippen molar-refractivity contribution in [2.24, 2.45) is 5.18 Å². The van der Waals surface area contributed by atoms with E-state index in [4.69, 9.17) is 5.11 Å². The number of aliphatic hydroxyl groups is 1. The molecule has 0 aliphatic heterocycles. The molecule has 0 aromatic rings. The smallest absolute Gasteiger partial charge is 0.0959 e. The maximum absolute atomic E-state index is 9.91. The molecular formula is C6H9NO2. The first-order valence-electron chi connectivity index (χ1n) is 3.03. The van der Waals surface area contributed by atoms with Gasteiger partial charge in [0.25, 0.3) is 0 Å². The Labute approximate surface area is 53.4 Å². The maximum atomic E-state index is 9.91. The van der Waals surface area contributed by atoms with Crippen LogP contribution in [0.3, 0.4) is 0 Å². The van der Waals surface area contributed by atoms with E-state index in [0.29, 0.717) is 25.0 Å². The topological polar surface area (TPSA) is 49.7 Å². The normalized spacial score (nSPS) is 27.1. The summed E-state index contributed by atoms with van der Waals surface area (Å²) in [6, 6.07) is -0.0964. The molecule has 0 saturated heterocycles. The summed E-state index contributed by atoms with van der Waals surface area (Å²) >= 11 is 0. The van der Waals surface area contributed by atoms with Crippen LogP contribution in [0, 0.1) is 4.91 Å². The highest BCUT2D eigenvalue weighted by molar-refractivity contribution is 4.99. The molecule has 9 heavy (non-hydrogen) atoms. The van der Waals surface area contributed by atoms with Gasteiger partial charge < -0.3 is 5.11 Å². The van der Waals surface area contributed by atoms with Crippen LogP contribution >= 0.6 is 0 Å². The third kappa shape index (κ3) is 1.52. The summed E-state index contributed by atoms with van der Waals surface area (Å²) in [7, 11) is 0. The molecule has 0 spiro atoms. The highest BCUT2D eigenvalue weighted by Crippen LogP contribution is 2.17. The minimum atomic E-state index is -0.0964. The van der Waals surface area contributed by atoms with Gasteiger partial charge in [-0.1, -0.05) is 5.18 Å². The Bertz CT molecular complexity index is 142. The third-order valence-corrected chi connectivity index (χ3v) is 1.51. The number of nitrogens with zero attached hydrogens (tertiary/aromatic N) is 1. The number of allylic oxidation sites excluding steroid dienone is 1. The van der Waals surface area contributed by atoms with Gasteiger partial charge in [-0.2, -0.15) is 4.91 Å². The van der Waals surface area contributed by atoms with Crippen molar-refractivity contribution in [1.82, 2.24) is 0 Å². The fraction of sp³-hybridized carbons (Fsp3) is 0.667. The first kappa shape index (κ1) is 6.26. The van der Waals surface area contributed by atoms with Crippen LogP contribution in [0.15, 0.2) is 17.0 Å². The van der Waals surface area contributed by atoms with Gasteiger partial charge in [0.15, 0.2) is 0 Å². The summed E-state index contributed by atoms with van der Waals surface area (Å²) in [5.74, 6) is 0.398. The van der Waals surface area contributed by atoms with E-state index in [9.17, 15) is 4.91 Å². The molecule has 0 aromatic heterocycles.